The number of nitrogens with one attached hydrogen (secondary N) is 2. The third-order valence-corrected chi connectivity index (χ3v) is 6.23. The van der Waals surface area contributed by atoms with E-state index in [0.29, 0.717) is 24.2 Å². The van der Waals surface area contributed by atoms with E-state index >= 15 is 0 Å². The molecule has 0 bridgehead atoms. The minimum Gasteiger partial charge on any atom is -0.381 e. The third kappa shape index (κ3) is 4.26. The topological polar surface area (TPSA) is 67.4 Å². The summed E-state index contributed by atoms with van der Waals surface area (Å²) in [5, 5.41) is 3.02. The molecule has 2 N–H and O–H groups in total. The summed E-state index contributed by atoms with van der Waals surface area (Å²) < 4.78 is 33.8. The Labute approximate surface area is 134 Å². The average Bonchev–Trinajstić information content (AvgIpc) is 2.94. The molecule has 118 valence electrons. The molecule has 2 rings (SSSR count). The molecule has 0 amide bonds. The van der Waals surface area contributed by atoms with Crippen molar-refractivity contribution in [2.45, 2.75) is 30.8 Å². The maximum atomic E-state index is 12.6. The van der Waals surface area contributed by atoms with Crippen LogP contribution in [0.25, 0.3) is 0 Å². The third-order valence-electron chi connectivity index (χ3n) is 3.68. The van der Waals surface area contributed by atoms with Crippen LogP contribution in [-0.4, -0.2) is 34.7 Å². The lowest BCUT2D eigenvalue weighted by molar-refractivity contribution is 0.180. The Bertz CT molecular complexity index is 586. The van der Waals surface area contributed by atoms with Crippen LogP contribution in [-0.2, 0) is 21.3 Å². The fourth-order valence-electron chi connectivity index (χ4n) is 2.42. The molecule has 0 saturated carbocycles. The highest BCUT2D eigenvalue weighted by Crippen LogP contribution is 2.25. The number of rotatable bonds is 6. The van der Waals surface area contributed by atoms with E-state index in [2.05, 4.69) is 26.0 Å². The average molecular weight is 377 g/mol. The number of ether oxygens (including phenoxy) is 1. The first-order chi connectivity index (χ1) is 9.94. The number of halogens is 1. The Hall–Kier alpha value is -0.470. The molecular formula is C14H21BrN2O3S. The maximum absolute atomic E-state index is 12.6. The number of hydrogen-bond acceptors (Lipinski definition) is 4. The van der Waals surface area contributed by atoms with Gasteiger partial charge < -0.3 is 10.1 Å². The molecule has 1 aliphatic rings. The van der Waals surface area contributed by atoms with E-state index in [-0.39, 0.29) is 16.9 Å². The molecule has 0 radical (unpaired) electrons. The van der Waals surface area contributed by atoms with Crippen molar-refractivity contribution in [3.8, 4) is 0 Å². The number of sulfonamides is 1. The minimum absolute atomic E-state index is 0.141. The van der Waals surface area contributed by atoms with Gasteiger partial charge in [-0.3, -0.25) is 0 Å². The van der Waals surface area contributed by atoms with Crippen LogP contribution < -0.4 is 10.0 Å². The van der Waals surface area contributed by atoms with Crippen LogP contribution in [0.5, 0.6) is 0 Å². The molecule has 0 spiro atoms. The van der Waals surface area contributed by atoms with Crippen molar-refractivity contribution in [1.29, 1.82) is 0 Å². The van der Waals surface area contributed by atoms with Gasteiger partial charge in [-0.2, -0.15) is 0 Å². The van der Waals surface area contributed by atoms with Gasteiger partial charge in [0.2, 0.25) is 10.0 Å². The van der Waals surface area contributed by atoms with E-state index in [1.165, 1.54) is 0 Å². The molecule has 2 unspecified atom stereocenters. The standard InChI is InChI=1S/C14H21BrN2O3S/c1-10(12-5-6-20-9-12)17-21(18,19)14-7-11(8-16-2)3-4-13(14)15/h3-4,7,10,12,16-17H,5-6,8-9H2,1-2H3. The van der Waals surface area contributed by atoms with Crippen molar-refractivity contribution in [1.82, 2.24) is 10.0 Å². The van der Waals surface area contributed by atoms with Gasteiger partial charge in [0.25, 0.3) is 0 Å². The van der Waals surface area contributed by atoms with Gasteiger partial charge >= 0.3 is 0 Å². The van der Waals surface area contributed by atoms with Gasteiger partial charge in [-0.05, 0) is 54.0 Å². The summed E-state index contributed by atoms with van der Waals surface area (Å²) in [6.45, 7) is 3.84. The van der Waals surface area contributed by atoms with Crippen LogP contribution in [0.3, 0.4) is 0 Å². The summed E-state index contributed by atoms with van der Waals surface area (Å²) in [6.07, 6.45) is 0.894. The van der Waals surface area contributed by atoms with E-state index < -0.39 is 10.0 Å². The van der Waals surface area contributed by atoms with Gasteiger partial charge in [0, 0.05) is 29.6 Å². The molecule has 5 nitrogen and oxygen atoms in total. The van der Waals surface area contributed by atoms with E-state index in [1.807, 2.05) is 20.0 Å². The molecule has 21 heavy (non-hydrogen) atoms. The fourth-order valence-corrected chi connectivity index (χ4v) is 4.75. The molecule has 7 heteroatoms. The Morgan fingerprint density at radius 3 is 2.86 bits per heavy atom. The van der Waals surface area contributed by atoms with Crippen molar-refractivity contribution in [2.24, 2.45) is 5.92 Å². The lowest BCUT2D eigenvalue weighted by Gasteiger charge is -2.20. The molecule has 1 aromatic rings. The van der Waals surface area contributed by atoms with Crippen LogP contribution in [0.2, 0.25) is 0 Å². The molecule has 0 aliphatic carbocycles. The van der Waals surface area contributed by atoms with Gasteiger partial charge in [-0.15, -0.1) is 0 Å². The van der Waals surface area contributed by atoms with E-state index in [4.69, 9.17) is 4.74 Å². The zero-order valence-electron chi connectivity index (χ0n) is 12.2. The Kier molecular flexibility index (Phi) is 5.79. The van der Waals surface area contributed by atoms with Crippen LogP contribution in [0.4, 0.5) is 0 Å². The zero-order valence-corrected chi connectivity index (χ0v) is 14.6. The molecule has 1 fully saturated rings. The van der Waals surface area contributed by atoms with Gasteiger partial charge in [0.1, 0.15) is 0 Å². The lowest BCUT2D eigenvalue weighted by Crippen LogP contribution is -2.38. The smallest absolute Gasteiger partial charge is 0.241 e. The molecule has 1 saturated heterocycles. The van der Waals surface area contributed by atoms with Crippen LogP contribution in [0.15, 0.2) is 27.6 Å². The number of benzene rings is 1. The summed E-state index contributed by atoms with van der Waals surface area (Å²) in [7, 11) is -1.72. The monoisotopic (exact) mass is 376 g/mol. The highest BCUT2D eigenvalue weighted by Gasteiger charge is 2.27. The fraction of sp³-hybridized carbons (Fsp3) is 0.571. The largest absolute Gasteiger partial charge is 0.381 e. The summed E-state index contributed by atoms with van der Waals surface area (Å²) in [4.78, 5) is 0.279. The van der Waals surface area contributed by atoms with Crippen molar-refractivity contribution >= 4 is 26.0 Å². The Morgan fingerprint density at radius 1 is 1.48 bits per heavy atom. The van der Waals surface area contributed by atoms with E-state index in [9.17, 15) is 8.42 Å². The molecular weight excluding hydrogens is 356 g/mol. The Morgan fingerprint density at radius 2 is 2.24 bits per heavy atom. The van der Waals surface area contributed by atoms with E-state index in [1.54, 1.807) is 12.1 Å². The van der Waals surface area contributed by atoms with Crippen molar-refractivity contribution in [2.75, 3.05) is 20.3 Å². The predicted molar refractivity (Wildman–Crippen MR) is 85.6 cm³/mol. The molecule has 1 heterocycles. The first kappa shape index (κ1) is 16.9. The van der Waals surface area contributed by atoms with Crippen molar-refractivity contribution in [3.05, 3.63) is 28.2 Å². The highest BCUT2D eigenvalue weighted by molar-refractivity contribution is 9.10. The summed E-state index contributed by atoms with van der Waals surface area (Å²) in [6, 6.07) is 5.22. The normalized spacial score (nSPS) is 20.6. The second-order valence-electron chi connectivity index (χ2n) is 5.33. The van der Waals surface area contributed by atoms with Gasteiger partial charge in [0.15, 0.2) is 0 Å². The second kappa shape index (κ2) is 7.19. The predicted octanol–water partition coefficient (Wildman–Crippen LogP) is 1.87. The molecule has 1 aromatic carbocycles. The maximum Gasteiger partial charge on any atom is 0.241 e. The first-order valence-electron chi connectivity index (χ1n) is 6.97. The molecule has 0 aromatic heterocycles. The van der Waals surface area contributed by atoms with E-state index in [0.717, 1.165) is 12.0 Å². The summed E-state index contributed by atoms with van der Waals surface area (Å²) in [5.41, 5.74) is 0.929. The summed E-state index contributed by atoms with van der Waals surface area (Å²) >= 11 is 3.33. The van der Waals surface area contributed by atoms with Gasteiger partial charge in [-0.25, -0.2) is 13.1 Å². The van der Waals surface area contributed by atoms with Gasteiger partial charge in [-0.1, -0.05) is 6.07 Å². The van der Waals surface area contributed by atoms with Crippen molar-refractivity contribution in [3.63, 3.8) is 0 Å². The lowest BCUT2D eigenvalue weighted by atomic mass is 10.0. The Balaban J connectivity index is 2.19. The second-order valence-corrected chi connectivity index (χ2v) is 7.87. The number of hydrogen-bond donors (Lipinski definition) is 2. The first-order valence-corrected chi connectivity index (χ1v) is 9.25. The van der Waals surface area contributed by atoms with Crippen molar-refractivity contribution < 1.29 is 13.2 Å². The quantitative estimate of drug-likeness (QED) is 0.795. The molecule has 2 atom stereocenters. The summed E-state index contributed by atoms with van der Waals surface area (Å²) in [5.74, 6) is 0.235. The SMILES string of the molecule is CNCc1ccc(Br)c(S(=O)(=O)NC(C)C2CCOC2)c1. The minimum atomic E-state index is -3.55. The van der Waals surface area contributed by atoms with Crippen LogP contribution in [0.1, 0.15) is 18.9 Å². The van der Waals surface area contributed by atoms with Gasteiger partial charge in [0.05, 0.1) is 11.5 Å². The van der Waals surface area contributed by atoms with Crippen LogP contribution in [0, 0.1) is 5.92 Å². The molecule has 1 aliphatic heterocycles. The zero-order chi connectivity index (χ0) is 15.5. The van der Waals surface area contributed by atoms with Crippen LogP contribution >= 0.6 is 15.9 Å². The highest BCUT2D eigenvalue weighted by atomic mass is 79.9.